The van der Waals surface area contributed by atoms with Crippen LogP contribution in [0.5, 0.6) is 0 Å². The zero-order valence-electron chi connectivity index (χ0n) is 11.2. The van der Waals surface area contributed by atoms with E-state index < -0.39 is 0 Å². The van der Waals surface area contributed by atoms with E-state index in [1.807, 2.05) is 13.8 Å². The molecule has 4 heterocycles. The second-order valence-corrected chi connectivity index (χ2v) is 5.33. The summed E-state index contributed by atoms with van der Waals surface area (Å²) in [4.78, 5) is 16.3. The van der Waals surface area contributed by atoms with Crippen LogP contribution in [0.4, 0.5) is 5.82 Å². The molecule has 0 aliphatic carbocycles. The number of anilines is 1. The SMILES string of the molecule is Cc1cc2nc(C)nc3c2c(n1)CC1COCCN31. The van der Waals surface area contributed by atoms with Crippen molar-refractivity contribution in [3.63, 3.8) is 0 Å². The van der Waals surface area contributed by atoms with Crippen molar-refractivity contribution in [2.75, 3.05) is 24.7 Å². The van der Waals surface area contributed by atoms with Gasteiger partial charge in [-0.2, -0.15) is 0 Å². The molecule has 1 fully saturated rings. The van der Waals surface area contributed by atoms with Crippen LogP contribution >= 0.6 is 0 Å². The lowest BCUT2D eigenvalue weighted by atomic mass is 9.99. The number of nitrogens with zero attached hydrogens (tertiary/aromatic N) is 4. The number of fused-ring (bicyclic) bond motifs is 2. The molecule has 2 aromatic heterocycles. The molecule has 1 unspecified atom stereocenters. The molecule has 1 atom stereocenters. The largest absolute Gasteiger partial charge is 0.377 e. The molecule has 2 aliphatic rings. The third kappa shape index (κ3) is 1.61. The Balaban J connectivity index is 2.03. The fourth-order valence-corrected chi connectivity index (χ4v) is 3.14. The van der Waals surface area contributed by atoms with Gasteiger partial charge in [0.2, 0.25) is 0 Å². The molecule has 0 bridgehead atoms. The van der Waals surface area contributed by atoms with E-state index in [1.165, 1.54) is 0 Å². The summed E-state index contributed by atoms with van der Waals surface area (Å²) in [6.45, 7) is 6.42. The third-order valence-corrected chi connectivity index (χ3v) is 3.90. The molecule has 0 N–H and O–H groups in total. The predicted molar refractivity (Wildman–Crippen MR) is 72.5 cm³/mol. The van der Waals surface area contributed by atoms with Crippen molar-refractivity contribution in [1.29, 1.82) is 0 Å². The van der Waals surface area contributed by atoms with Gasteiger partial charge in [0.1, 0.15) is 11.6 Å². The average Bonchev–Trinajstić information content (AvgIpc) is 2.37. The number of aryl methyl sites for hydroxylation is 2. The highest BCUT2D eigenvalue weighted by Gasteiger charge is 2.32. The van der Waals surface area contributed by atoms with Crippen LogP contribution in [0.2, 0.25) is 0 Å². The number of pyridine rings is 1. The summed E-state index contributed by atoms with van der Waals surface area (Å²) in [5.74, 6) is 1.87. The number of aromatic nitrogens is 3. The number of ether oxygens (including phenoxy) is 1. The maximum Gasteiger partial charge on any atom is 0.142 e. The van der Waals surface area contributed by atoms with Crippen molar-refractivity contribution < 1.29 is 4.74 Å². The summed E-state index contributed by atoms with van der Waals surface area (Å²) in [6.07, 6.45) is 0.928. The normalized spacial score (nSPS) is 21.6. The Morgan fingerprint density at radius 1 is 1.26 bits per heavy atom. The lowest BCUT2D eigenvalue weighted by Crippen LogP contribution is -2.49. The average molecular weight is 256 g/mol. The van der Waals surface area contributed by atoms with Gasteiger partial charge in [-0.15, -0.1) is 0 Å². The number of hydrogen-bond acceptors (Lipinski definition) is 5. The highest BCUT2D eigenvalue weighted by molar-refractivity contribution is 5.93. The highest BCUT2D eigenvalue weighted by Crippen LogP contribution is 2.34. The molecule has 2 aromatic rings. The second kappa shape index (κ2) is 3.87. The van der Waals surface area contributed by atoms with Gasteiger partial charge in [-0.3, -0.25) is 4.98 Å². The van der Waals surface area contributed by atoms with Gasteiger partial charge >= 0.3 is 0 Å². The van der Waals surface area contributed by atoms with Crippen LogP contribution in [0.25, 0.3) is 10.9 Å². The summed E-state index contributed by atoms with van der Waals surface area (Å²) in [5.41, 5.74) is 3.17. The van der Waals surface area contributed by atoms with E-state index in [-0.39, 0.29) is 0 Å². The number of hydrogen-bond donors (Lipinski definition) is 0. The molecule has 0 radical (unpaired) electrons. The lowest BCUT2D eigenvalue weighted by Gasteiger charge is -2.40. The lowest BCUT2D eigenvalue weighted by molar-refractivity contribution is 0.0927. The van der Waals surface area contributed by atoms with E-state index in [4.69, 9.17) is 9.72 Å². The van der Waals surface area contributed by atoms with E-state index in [0.29, 0.717) is 6.04 Å². The second-order valence-electron chi connectivity index (χ2n) is 5.33. The molecule has 0 saturated carbocycles. The quantitative estimate of drug-likeness (QED) is 0.713. The number of rotatable bonds is 0. The first-order valence-electron chi connectivity index (χ1n) is 6.71. The van der Waals surface area contributed by atoms with Crippen molar-refractivity contribution in [1.82, 2.24) is 15.0 Å². The summed E-state index contributed by atoms with van der Waals surface area (Å²) >= 11 is 0. The van der Waals surface area contributed by atoms with Crippen LogP contribution in [0.15, 0.2) is 6.07 Å². The minimum Gasteiger partial charge on any atom is -0.377 e. The maximum atomic E-state index is 5.60. The topological polar surface area (TPSA) is 51.1 Å². The van der Waals surface area contributed by atoms with Crippen LogP contribution in [-0.2, 0) is 11.2 Å². The maximum absolute atomic E-state index is 5.60. The van der Waals surface area contributed by atoms with Gasteiger partial charge in [-0.25, -0.2) is 9.97 Å². The number of morpholine rings is 1. The van der Waals surface area contributed by atoms with Crippen molar-refractivity contribution >= 4 is 16.7 Å². The van der Waals surface area contributed by atoms with Crippen molar-refractivity contribution in [2.24, 2.45) is 0 Å². The molecule has 2 aliphatic heterocycles. The van der Waals surface area contributed by atoms with Crippen LogP contribution in [-0.4, -0.2) is 40.8 Å². The first-order chi connectivity index (χ1) is 9.22. The predicted octanol–water partition coefficient (Wildman–Crippen LogP) is 1.40. The summed E-state index contributed by atoms with van der Waals surface area (Å²) < 4.78 is 5.60. The van der Waals surface area contributed by atoms with Crippen molar-refractivity contribution in [2.45, 2.75) is 26.3 Å². The molecule has 1 saturated heterocycles. The minimum absolute atomic E-state index is 0.369. The van der Waals surface area contributed by atoms with Gasteiger partial charge in [0.05, 0.1) is 35.9 Å². The molecule has 0 aromatic carbocycles. The summed E-state index contributed by atoms with van der Waals surface area (Å²) in [6, 6.07) is 2.42. The molecule has 5 nitrogen and oxygen atoms in total. The van der Waals surface area contributed by atoms with Gasteiger partial charge in [0, 0.05) is 18.7 Å². The van der Waals surface area contributed by atoms with Crippen LogP contribution in [0, 0.1) is 13.8 Å². The Bertz CT molecular complexity index is 665. The molecule has 4 rings (SSSR count). The van der Waals surface area contributed by atoms with Crippen LogP contribution in [0.1, 0.15) is 17.2 Å². The Labute approximate surface area is 111 Å². The minimum atomic E-state index is 0.369. The fraction of sp³-hybridized carbons (Fsp3) is 0.500. The van der Waals surface area contributed by atoms with Gasteiger partial charge in [0.15, 0.2) is 0 Å². The van der Waals surface area contributed by atoms with Crippen molar-refractivity contribution in [3.05, 3.63) is 23.3 Å². The smallest absolute Gasteiger partial charge is 0.142 e. The van der Waals surface area contributed by atoms with E-state index in [2.05, 4.69) is 20.9 Å². The van der Waals surface area contributed by atoms with Crippen molar-refractivity contribution in [3.8, 4) is 0 Å². The van der Waals surface area contributed by atoms with E-state index in [1.54, 1.807) is 0 Å². The van der Waals surface area contributed by atoms with Gasteiger partial charge in [-0.1, -0.05) is 0 Å². The van der Waals surface area contributed by atoms with Gasteiger partial charge in [-0.05, 0) is 19.9 Å². The highest BCUT2D eigenvalue weighted by atomic mass is 16.5. The third-order valence-electron chi connectivity index (χ3n) is 3.90. The van der Waals surface area contributed by atoms with E-state index in [0.717, 1.165) is 60.1 Å². The Hall–Kier alpha value is -1.75. The zero-order valence-corrected chi connectivity index (χ0v) is 11.2. The molecule has 0 amide bonds. The molecular weight excluding hydrogens is 240 g/mol. The first-order valence-corrected chi connectivity index (χ1v) is 6.71. The van der Waals surface area contributed by atoms with Crippen LogP contribution < -0.4 is 4.90 Å². The Morgan fingerprint density at radius 3 is 3.05 bits per heavy atom. The first kappa shape index (κ1) is 11.1. The zero-order chi connectivity index (χ0) is 13.0. The molecule has 5 heteroatoms. The monoisotopic (exact) mass is 256 g/mol. The molecule has 0 spiro atoms. The van der Waals surface area contributed by atoms with Gasteiger partial charge in [0.25, 0.3) is 0 Å². The Morgan fingerprint density at radius 2 is 2.16 bits per heavy atom. The fourth-order valence-electron chi connectivity index (χ4n) is 3.14. The standard InChI is InChI=1S/C14H16N4O/c1-8-5-11-13-12(15-8)6-10-7-19-4-3-18(10)14(13)17-9(2)16-11/h5,10H,3-4,6-7H2,1-2H3. The Kier molecular flexibility index (Phi) is 2.26. The van der Waals surface area contributed by atoms with Gasteiger partial charge < -0.3 is 9.64 Å². The molecule has 19 heavy (non-hydrogen) atoms. The molecular formula is C14H16N4O. The summed E-state index contributed by atoms with van der Waals surface area (Å²) in [7, 11) is 0. The molecule has 98 valence electrons. The van der Waals surface area contributed by atoms with E-state index in [9.17, 15) is 0 Å². The van der Waals surface area contributed by atoms with Crippen LogP contribution in [0.3, 0.4) is 0 Å². The van der Waals surface area contributed by atoms with E-state index >= 15 is 0 Å². The summed E-state index contributed by atoms with van der Waals surface area (Å²) in [5, 5.41) is 1.13.